The molecule has 1 heterocycles. The van der Waals surface area contributed by atoms with E-state index in [1.165, 1.54) is 4.31 Å². The predicted octanol–water partition coefficient (Wildman–Crippen LogP) is -0.582. The molecule has 0 spiro atoms. The Morgan fingerprint density at radius 2 is 1.86 bits per heavy atom. The molecule has 1 aliphatic rings. The van der Waals surface area contributed by atoms with Crippen LogP contribution in [-0.4, -0.2) is 55.5 Å². The maximum atomic E-state index is 11.6. The van der Waals surface area contributed by atoms with Crippen molar-refractivity contribution < 1.29 is 18.3 Å². The molecule has 2 unspecified atom stereocenters. The SMILES string of the molecule is CC1CN(S(=O)(=O)CCO)CC(C)O1. The Morgan fingerprint density at radius 3 is 2.29 bits per heavy atom. The third kappa shape index (κ3) is 2.91. The van der Waals surface area contributed by atoms with Crippen molar-refractivity contribution in [2.75, 3.05) is 25.4 Å². The molecule has 2 atom stereocenters. The second-order valence-corrected chi connectivity index (χ2v) is 5.70. The van der Waals surface area contributed by atoms with Crippen LogP contribution in [-0.2, 0) is 14.8 Å². The van der Waals surface area contributed by atoms with Crippen molar-refractivity contribution in [2.45, 2.75) is 26.1 Å². The van der Waals surface area contributed by atoms with Gasteiger partial charge in [-0.2, -0.15) is 4.31 Å². The van der Waals surface area contributed by atoms with Crippen molar-refractivity contribution in [3.63, 3.8) is 0 Å². The second-order valence-electron chi connectivity index (χ2n) is 3.61. The zero-order valence-electron chi connectivity index (χ0n) is 8.51. The van der Waals surface area contributed by atoms with E-state index in [-0.39, 0.29) is 24.6 Å². The molecule has 1 N–H and O–H groups in total. The minimum atomic E-state index is -3.30. The summed E-state index contributed by atoms with van der Waals surface area (Å²) in [6.45, 7) is 4.12. The summed E-state index contributed by atoms with van der Waals surface area (Å²) < 4.78 is 30.0. The van der Waals surface area contributed by atoms with Gasteiger partial charge in [-0.3, -0.25) is 0 Å². The zero-order valence-corrected chi connectivity index (χ0v) is 9.33. The largest absolute Gasteiger partial charge is 0.395 e. The van der Waals surface area contributed by atoms with Crippen molar-refractivity contribution in [1.29, 1.82) is 0 Å². The molecule has 0 aromatic rings. The smallest absolute Gasteiger partial charge is 0.216 e. The molecule has 0 aliphatic carbocycles. The van der Waals surface area contributed by atoms with Gasteiger partial charge in [0.05, 0.1) is 24.6 Å². The summed E-state index contributed by atoms with van der Waals surface area (Å²) in [5.74, 6) is -0.202. The normalized spacial score (nSPS) is 30.5. The molecule has 84 valence electrons. The Kier molecular flexibility index (Phi) is 3.88. The molecule has 1 rings (SSSR count). The van der Waals surface area contributed by atoms with Gasteiger partial charge < -0.3 is 9.84 Å². The van der Waals surface area contributed by atoms with Crippen LogP contribution in [0.1, 0.15) is 13.8 Å². The van der Waals surface area contributed by atoms with Gasteiger partial charge in [0, 0.05) is 13.1 Å². The second kappa shape index (κ2) is 4.57. The standard InChI is InChI=1S/C8H17NO4S/c1-7-5-9(6-8(2)13-7)14(11,12)4-3-10/h7-8,10H,3-6H2,1-2H3. The summed E-state index contributed by atoms with van der Waals surface area (Å²) >= 11 is 0. The van der Waals surface area contributed by atoms with Gasteiger partial charge in [0.2, 0.25) is 10.0 Å². The monoisotopic (exact) mass is 223 g/mol. The van der Waals surface area contributed by atoms with Gasteiger partial charge >= 0.3 is 0 Å². The Labute approximate surface area is 84.7 Å². The van der Waals surface area contributed by atoms with E-state index >= 15 is 0 Å². The van der Waals surface area contributed by atoms with Crippen LogP contribution in [0.5, 0.6) is 0 Å². The Morgan fingerprint density at radius 1 is 1.36 bits per heavy atom. The molecule has 0 aromatic carbocycles. The maximum absolute atomic E-state index is 11.6. The van der Waals surface area contributed by atoms with Crippen LogP contribution in [0.15, 0.2) is 0 Å². The quantitative estimate of drug-likeness (QED) is 0.695. The number of morpholine rings is 1. The number of nitrogens with zero attached hydrogens (tertiary/aromatic N) is 1. The maximum Gasteiger partial charge on any atom is 0.216 e. The van der Waals surface area contributed by atoms with Crippen molar-refractivity contribution in [2.24, 2.45) is 0 Å². The average molecular weight is 223 g/mol. The van der Waals surface area contributed by atoms with E-state index in [1.807, 2.05) is 13.8 Å². The van der Waals surface area contributed by atoms with Crippen molar-refractivity contribution in [3.05, 3.63) is 0 Å². The minimum Gasteiger partial charge on any atom is -0.395 e. The van der Waals surface area contributed by atoms with Crippen molar-refractivity contribution in [1.82, 2.24) is 4.31 Å². The number of hydrogen-bond donors (Lipinski definition) is 1. The van der Waals surface area contributed by atoms with Crippen molar-refractivity contribution >= 4 is 10.0 Å². The highest BCUT2D eigenvalue weighted by atomic mass is 32.2. The average Bonchev–Trinajstić information content (AvgIpc) is 2.02. The first-order chi connectivity index (χ1) is 6.45. The first-order valence-electron chi connectivity index (χ1n) is 4.70. The van der Waals surface area contributed by atoms with Crippen molar-refractivity contribution in [3.8, 4) is 0 Å². The molecular weight excluding hydrogens is 206 g/mol. The highest BCUT2D eigenvalue weighted by Crippen LogP contribution is 2.14. The fraction of sp³-hybridized carbons (Fsp3) is 1.00. The fourth-order valence-corrected chi connectivity index (χ4v) is 2.97. The fourth-order valence-electron chi connectivity index (χ4n) is 1.60. The van der Waals surface area contributed by atoms with Gasteiger partial charge in [-0.1, -0.05) is 0 Å². The molecule has 14 heavy (non-hydrogen) atoms. The summed E-state index contributed by atoms with van der Waals surface area (Å²) in [6.07, 6.45) is -0.153. The minimum absolute atomic E-state index is 0.0767. The van der Waals surface area contributed by atoms with Crippen LogP contribution in [0.4, 0.5) is 0 Å². The van der Waals surface area contributed by atoms with Crippen LogP contribution < -0.4 is 0 Å². The van der Waals surface area contributed by atoms with E-state index < -0.39 is 10.0 Å². The lowest BCUT2D eigenvalue weighted by molar-refractivity contribution is -0.0441. The molecule has 0 radical (unpaired) electrons. The Balaban J connectivity index is 2.68. The lowest BCUT2D eigenvalue weighted by Crippen LogP contribution is -2.49. The van der Waals surface area contributed by atoms with Crippen LogP contribution in [0.25, 0.3) is 0 Å². The number of ether oxygens (including phenoxy) is 1. The molecule has 1 saturated heterocycles. The van der Waals surface area contributed by atoms with Crippen LogP contribution >= 0.6 is 0 Å². The lowest BCUT2D eigenvalue weighted by Gasteiger charge is -2.34. The molecule has 5 nitrogen and oxygen atoms in total. The highest BCUT2D eigenvalue weighted by molar-refractivity contribution is 7.89. The van der Waals surface area contributed by atoms with E-state index in [0.717, 1.165) is 0 Å². The molecule has 6 heteroatoms. The summed E-state index contributed by atoms with van der Waals surface area (Å²) in [6, 6.07) is 0. The van der Waals surface area contributed by atoms with E-state index in [4.69, 9.17) is 9.84 Å². The highest BCUT2D eigenvalue weighted by Gasteiger charge is 2.30. The predicted molar refractivity (Wildman–Crippen MR) is 52.5 cm³/mol. The number of aliphatic hydroxyl groups is 1. The van der Waals surface area contributed by atoms with Gasteiger partial charge in [-0.05, 0) is 13.8 Å². The van der Waals surface area contributed by atoms with Gasteiger partial charge in [-0.25, -0.2) is 8.42 Å². The van der Waals surface area contributed by atoms with Crippen LogP contribution in [0, 0.1) is 0 Å². The van der Waals surface area contributed by atoms with Gasteiger partial charge in [0.15, 0.2) is 0 Å². The van der Waals surface area contributed by atoms with Gasteiger partial charge in [0.25, 0.3) is 0 Å². The summed E-state index contributed by atoms with van der Waals surface area (Å²) in [4.78, 5) is 0. The molecule has 0 saturated carbocycles. The van der Waals surface area contributed by atoms with Crippen LogP contribution in [0.3, 0.4) is 0 Å². The molecule has 0 aromatic heterocycles. The summed E-state index contributed by atoms with van der Waals surface area (Å²) in [7, 11) is -3.30. The van der Waals surface area contributed by atoms with E-state index in [0.29, 0.717) is 13.1 Å². The molecule has 0 bridgehead atoms. The van der Waals surface area contributed by atoms with E-state index in [9.17, 15) is 8.42 Å². The van der Waals surface area contributed by atoms with Gasteiger partial charge in [-0.15, -0.1) is 0 Å². The summed E-state index contributed by atoms with van der Waals surface area (Å²) in [5, 5.41) is 8.63. The number of hydrogen-bond acceptors (Lipinski definition) is 4. The van der Waals surface area contributed by atoms with E-state index in [1.54, 1.807) is 0 Å². The van der Waals surface area contributed by atoms with Gasteiger partial charge in [0.1, 0.15) is 0 Å². The Bertz CT molecular complexity index is 267. The summed E-state index contributed by atoms with van der Waals surface area (Å²) in [5.41, 5.74) is 0. The topological polar surface area (TPSA) is 66.8 Å². The molecule has 0 amide bonds. The lowest BCUT2D eigenvalue weighted by atomic mass is 10.3. The molecular formula is C8H17NO4S. The first kappa shape index (κ1) is 11.9. The number of sulfonamides is 1. The Hall–Kier alpha value is -0.170. The number of aliphatic hydroxyl groups excluding tert-OH is 1. The molecule has 1 fully saturated rings. The third-order valence-corrected chi connectivity index (χ3v) is 3.91. The first-order valence-corrected chi connectivity index (χ1v) is 6.31. The number of rotatable bonds is 3. The third-order valence-electron chi connectivity index (χ3n) is 2.13. The van der Waals surface area contributed by atoms with Crippen LogP contribution in [0.2, 0.25) is 0 Å². The van der Waals surface area contributed by atoms with E-state index in [2.05, 4.69) is 0 Å². The molecule has 1 aliphatic heterocycles. The zero-order chi connectivity index (χ0) is 10.8.